The van der Waals surface area contributed by atoms with Crippen molar-refractivity contribution in [1.82, 2.24) is 30.6 Å². The number of carboxylic acid groups (broad SMARTS) is 1. The van der Waals surface area contributed by atoms with Crippen molar-refractivity contribution in [3.8, 4) is 0 Å². The fourth-order valence-corrected chi connectivity index (χ4v) is 3.69. The number of nitrogens with one attached hydrogen (secondary N) is 4. The summed E-state index contributed by atoms with van der Waals surface area (Å²) >= 11 is 0. The number of carbonyl (C=O) groups excluding carboxylic acids is 2. The molecule has 9 N–H and O–H groups in total. The minimum absolute atomic E-state index is 0.0487. The number of carboxylic acids is 1. The van der Waals surface area contributed by atoms with Gasteiger partial charge in [-0.2, -0.15) is 4.98 Å². The molecule has 2 aromatic heterocycles. The van der Waals surface area contributed by atoms with Crippen molar-refractivity contribution in [2.75, 3.05) is 16.8 Å². The highest BCUT2D eigenvalue weighted by Crippen LogP contribution is 2.12. The fourth-order valence-electron chi connectivity index (χ4n) is 3.69. The number of nitrogens with two attached hydrogens (primary N) is 2. The van der Waals surface area contributed by atoms with Crippen LogP contribution in [-0.4, -0.2) is 48.9 Å². The molecule has 0 radical (unpaired) electrons. The van der Waals surface area contributed by atoms with Crippen molar-refractivity contribution in [3.63, 3.8) is 0 Å². The summed E-state index contributed by atoms with van der Waals surface area (Å²) in [7, 11) is 0. The van der Waals surface area contributed by atoms with E-state index in [4.69, 9.17) is 11.5 Å². The molecular formula is C28H33N9O5. The average molecular weight is 576 g/mol. The maximum atomic E-state index is 12.6. The van der Waals surface area contributed by atoms with Crippen LogP contribution in [0.1, 0.15) is 48.3 Å². The maximum absolute atomic E-state index is 12.6. The molecule has 0 saturated carbocycles. The zero-order valence-corrected chi connectivity index (χ0v) is 23.2. The predicted octanol–water partition coefficient (Wildman–Crippen LogP) is 1.80. The Hall–Kier alpha value is -5.53. The number of nitrogens with zero attached hydrogens (tertiary/aromatic N) is 3. The Kier molecular flexibility index (Phi) is 10.9. The Morgan fingerprint density at radius 2 is 1.67 bits per heavy atom. The summed E-state index contributed by atoms with van der Waals surface area (Å²) in [6, 6.07) is 12.1. The van der Waals surface area contributed by atoms with Gasteiger partial charge in [0.05, 0.1) is 18.4 Å². The van der Waals surface area contributed by atoms with Gasteiger partial charge in [-0.3, -0.25) is 19.4 Å². The summed E-state index contributed by atoms with van der Waals surface area (Å²) in [5.74, 6) is -2.22. The lowest BCUT2D eigenvalue weighted by atomic mass is 10.1. The van der Waals surface area contributed by atoms with E-state index in [0.29, 0.717) is 17.1 Å². The normalized spacial score (nSPS) is 11.1. The minimum Gasteiger partial charge on any atom is -0.480 e. The standard InChI is InChI=1S/C26H27N9O5.C2H6/c27-16-5-1-14(2-6-16)11-30-20(36)10-9-19(25(39)40)33-23(37)15-3-7-17(8-4-15)29-12-18-13-31-22-21(32-18)24(38)35-26(28)34-22;1-2/h1-8,13,19,29H,9-12,27H2,(H,30,36)(H,33,37)(H,39,40)(H3,28,31,34,35,38);1-2H3. The molecule has 0 spiro atoms. The SMILES string of the molecule is CC.Nc1ccc(CNC(=O)CCC(NC(=O)c2ccc(NCc3cnc4nc(N)[nH]c(=O)c4n3)cc2)C(=O)O)cc1. The molecule has 4 aromatic rings. The quantitative estimate of drug-likeness (QED) is 0.127. The largest absolute Gasteiger partial charge is 0.480 e. The monoisotopic (exact) mass is 575 g/mol. The third-order valence-electron chi connectivity index (χ3n) is 5.84. The third kappa shape index (κ3) is 8.74. The van der Waals surface area contributed by atoms with Gasteiger partial charge in [-0.05, 0) is 48.4 Å². The number of nitrogen functional groups attached to an aromatic ring is 2. The summed E-state index contributed by atoms with van der Waals surface area (Å²) < 4.78 is 0. The molecule has 2 heterocycles. The van der Waals surface area contributed by atoms with Crippen molar-refractivity contribution >= 4 is 46.3 Å². The van der Waals surface area contributed by atoms with Gasteiger partial charge in [0.25, 0.3) is 11.5 Å². The fraction of sp³-hybridized carbons (Fsp3) is 0.250. The highest BCUT2D eigenvalue weighted by molar-refractivity contribution is 5.97. The second-order valence-corrected chi connectivity index (χ2v) is 8.84. The Labute approximate surface area is 241 Å². The molecule has 0 bridgehead atoms. The zero-order valence-electron chi connectivity index (χ0n) is 23.2. The number of aromatic amines is 1. The average Bonchev–Trinajstić information content (AvgIpc) is 2.99. The van der Waals surface area contributed by atoms with E-state index >= 15 is 0 Å². The first-order chi connectivity index (χ1) is 20.2. The molecule has 2 amide bonds. The first-order valence-corrected chi connectivity index (χ1v) is 13.2. The van der Waals surface area contributed by atoms with Crippen LogP contribution in [0.4, 0.5) is 17.3 Å². The van der Waals surface area contributed by atoms with Crippen molar-refractivity contribution in [1.29, 1.82) is 0 Å². The lowest BCUT2D eigenvalue weighted by Crippen LogP contribution is -2.41. The van der Waals surface area contributed by atoms with Gasteiger partial charge in [-0.25, -0.2) is 14.8 Å². The van der Waals surface area contributed by atoms with Crippen molar-refractivity contribution in [3.05, 3.63) is 81.9 Å². The van der Waals surface area contributed by atoms with Crippen molar-refractivity contribution in [2.45, 2.75) is 45.8 Å². The van der Waals surface area contributed by atoms with E-state index in [9.17, 15) is 24.3 Å². The molecule has 0 aliphatic heterocycles. The number of aromatic nitrogens is 4. The van der Waals surface area contributed by atoms with Crippen LogP contribution in [0.25, 0.3) is 11.2 Å². The Balaban J connectivity index is 0.00000237. The predicted molar refractivity (Wildman–Crippen MR) is 158 cm³/mol. The van der Waals surface area contributed by atoms with E-state index in [0.717, 1.165) is 5.56 Å². The number of H-pyrrole nitrogens is 1. The Bertz CT molecular complexity index is 1590. The number of hydrogen-bond donors (Lipinski definition) is 7. The molecule has 14 heteroatoms. The van der Waals surface area contributed by atoms with E-state index in [-0.39, 0.29) is 54.5 Å². The van der Waals surface area contributed by atoms with Crippen LogP contribution in [0.5, 0.6) is 0 Å². The van der Waals surface area contributed by atoms with Crippen LogP contribution >= 0.6 is 0 Å². The smallest absolute Gasteiger partial charge is 0.326 e. The number of anilines is 3. The number of rotatable bonds is 11. The van der Waals surface area contributed by atoms with Gasteiger partial charge >= 0.3 is 5.97 Å². The topological polar surface area (TPSA) is 231 Å². The van der Waals surface area contributed by atoms with Crippen LogP contribution in [0, 0.1) is 0 Å². The van der Waals surface area contributed by atoms with Gasteiger partial charge in [0.15, 0.2) is 11.2 Å². The van der Waals surface area contributed by atoms with Crippen molar-refractivity contribution < 1.29 is 19.5 Å². The molecule has 0 saturated heterocycles. The van der Waals surface area contributed by atoms with E-state index < -0.39 is 23.5 Å². The van der Waals surface area contributed by atoms with Crippen LogP contribution in [0.3, 0.4) is 0 Å². The highest BCUT2D eigenvalue weighted by atomic mass is 16.4. The molecular weight excluding hydrogens is 542 g/mol. The first kappa shape index (κ1) is 31.0. The summed E-state index contributed by atoms with van der Waals surface area (Å²) in [6.07, 6.45) is 1.31. The van der Waals surface area contributed by atoms with E-state index in [1.54, 1.807) is 36.4 Å². The first-order valence-electron chi connectivity index (χ1n) is 13.2. The Morgan fingerprint density at radius 3 is 2.33 bits per heavy atom. The molecule has 14 nitrogen and oxygen atoms in total. The van der Waals surface area contributed by atoms with Gasteiger partial charge in [0, 0.05) is 29.9 Å². The minimum atomic E-state index is -1.24. The second kappa shape index (κ2) is 14.7. The van der Waals surface area contributed by atoms with Crippen LogP contribution < -0.4 is 33.0 Å². The summed E-state index contributed by atoms with van der Waals surface area (Å²) in [6.45, 7) is 4.52. The van der Waals surface area contributed by atoms with Crippen LogP contribution in [0.15, 0.2) is 59.5 Å². The lowest BCUT2D eigenvalue weighted by Gasteiger charge is -2.15. The van der Waals surface area contributed by atoms with Gasteiger partial charge < -0.3 is 32.5 Å². The van der Waals surface area contributed by atoms with E-state index in [1.807, 2.05) is 13.8 Å². The molecule has 1 atom stereocenters. The number of amides is 2. The number of benzene rings is 2. The van der Waals surface area contributed by atoms with Gasteiger partial charge in [-0.15, -0.1) is 0 Å². The molecule has 42 heavy (non-hydrogen) atoms. The molecule has 0 fully saturated rings. The van der Waals surface area contributed by atoms with Gasteiger partial charge in [0.2, 0.25) is 11.9 Å². The number of carbonyl (C=O) groups is 3. The molecule has 0 aliphatic carbocycles. The van der Waals surface area contributed by atoms with Crippen LogP contribution in [-0.2, 0) is 22.7 Å². The Morgan fingerprint density at radius 1 is 0.976 bits per heavy atom. The van der Waals surface area contributed by atoms with Crippen LogP contribution in [0.2, 0.25) is 0 Å². The zero-order chi connectivity index (χ0) is 30.6. The number of hydrogen-bond acceptors (Lipinski definition) is 10. The molecule has 0 aliphatic rings. The van der Waals surface area contributed by atoms with Gasteiger partial charge in [-0.1, -0.05) is 26.0 Å². The lowest BCUT2D eigenvalue weighted by molar-refractivity contribution is -0.139. The van der Waals surface area contributed by atoms with Crippen molar-refractivity contribution in [2.24, 2.45) is 0 Å². The highest BCUT2D eigenvalue weighted by Gasteiger charge is 2.21. The third-order valence-corrected chi connectivity index (χ3v) is 5.84. The van der Waals surface area contributed by atoms with E-state index in [1.165, 1.54) is 18.3 Å². The molecule has 4 rings (SSSR count). The summed E-state index contributed by atoms with van der Waals surface area (Å²) in [4.78, 5) is 63.2. The number of fused-ring (bicyclic) bond motifs is 1. The maximum Gasteiger partial charge on any atom is 0.326 e. The molecule has 1 unspecified atom stereocenters. The number of aliphatic carboxylic acids is 1. The van der Waals surface area contributed by atoms with Gasteiger partial charge in [0.1, 0.15) is 6.04 Å². The summed E-state index contributed by atoms with van der Waals surface area (Å²) in [5.41, 5.74) is 13.7. The van der Waals surface area contributed by atoms with E-state index in [2.05, 4.69) is 35.9 Å². The molecule has 2 aromatic carbocycles. The molecule has 220 valence electrons. The summed E-state index contributed by atoms with van der Waals surface area (Å²) in [5, 5.41) is 17.8. The second-order valence-electron chi connectivity index (χ2n) is 8.84.